The predicted molar refractivity (Wildman–Crippen MR) is 62.2 cm³/mol. The fraction of sp³-hybridized carbons (Fsp3) is 0.455. The molecule has 3 nitrogen and oxygen atoms in total. The minimum atomic E-state index is -3.38. The van der Waals surface area contributed by atoms with Crippen LogP contribution in [0.25, 0.3) is 0 Å². The summed E-state index contributed by atoms with van der Waals surface area (Å²) in [6, 6.07) is 4.80. The highest BCUT2D eigenvalue weighted by Gasteiger charge is 2.54. The number of benzene rings is 1. The van der Waals surface area contributed by atoms with Crippen molar-refractivity contribution in [1.82, 2.24) is 0 Å². The van der Waals surface area contributed by atoms with Crippen LogP contribution in [0.2, 0.25) is 0 Å². The first kappa shape index (κ1) is 12.7. The zero-order valence-electron chi connectivity index (χ0n) is 8.92. The Hall–Kier alpha value is -0.720. The molecule has 1 aromatic rings. The average molecular weight is 308 g/mol. The van der Waals surface area contributed by atoms with Gasteiger partial charge in [-0.3, -0.25) is 0 Å². The van der Waals surface area contributed by atoms with Gasteiger partial charge in [-0.05, 0) is 18.2 Å². The van der Waals surface area contributed by atoms with Crippen LogP contribution in [0.15, 0.2) is 22.7 Å². The lowest BCUT2D eigenvalue weighted by molar-refractivity contribution is -0.124. The van der Waals surface area contributed by atoms with Crippen molar-refractivity contribution in [2.45, 2.75) is 17.9 Å². The zero-order chi connectivity index (χ0) is 12.7. The highest BCUT2D eigenvalue weighted by Crippen LogP contribution is 2.45. The minimum Gasteiger partial charge on any atom is -0.493 e. The molecule has 1 aliphatic rings. The number of alkyl halides is 2. The second-order valence-corrected chi connectivity index (χ2v) is 4.99. The van der Waals surface area contributed by atoms with E-state index in [4.69, 9.17) is 15.6 Å². The van der Waals surface area contributed by atoms with Gasteiger partial charge in [0.25, 0.3) is 5.92 Å². The maximum absolute atomic E-state index is 13.8. The fourth-order valence-electron chi connectivity index (χ4n) is 1.95. The largest absolute Gasteiger partial charge is 0.493 e. The van der Waals surface area contributed by atoms with Gasteiger partial charge in [0.15, 0.2) is 0 Å². The molecule has 0 saturated heterocycles. The van der Waals surface area contributed by atoms with Crippen molar-refractivity contribution in [2.75, 3.05) is 13.2 Å². The lowest BCUT2D eigenvalue weighted by Gasteiger charge is -2.40. The molecule has 0 aliphatic carbocycles. The molecule has 0 unspecified atom stereocenters. The van der Waals surface area contributed by atoms with Crippen molar-refractivity contribution in [1.29, 1.82) is 0 Å². The lowest BCUT2D eigenvalue weighted by atomic mass is 9.80. The van der Waals surface area contributed by atoms with E-state index in [9.17, 15) is 8.78 Å². The van der Waals surface area contributed by atoms with Crippen molar-refractivity contribution in [3.8, 4) is 5.75 Å². The number of fused-ring (bicyclic) bond motifs is 1. The van der Waals surface area contributed by atoms with E-state index in [-0.39, 0.29) is 18.6 Å². The van der Waals surface area contributed by atoms with Crippen molar-refractivity contribution < 1.29 is 18.6 Å². The normalized spacial score (nSPS) is 24.1. The van der Waals surface area contributed by atoms with Gasteiger partial charge < -0.3 is 15.6 Å². The Morgan fingerprint density at radius 3 is 2.88 bits per heavy atom. The van der Waals surface area contributed by atoms with Gasteiger partial charge in [-0.25, -0.2) is 8.78 Å². The first-order valence-electron chi connectivity index (χ1n) is 5.11. The van der Waals surface area contributed by atoms with Crippen LogP contribution in [0.5, 0.6) is 5.75 Å². The Labute approximate surface area is 106 Å². The number of aliphatic hydroxyl groups excluding tert-OH is 1. The van der Waals surface area contributed by atoms with E-state index in [1.165, 1.54) is 6.07 Å². The van der Waals surface area contributed by atoms with Crippen molar-refractivity contribution in [3.63, 3.8) is 0 Å². The van der Waals surface area contributed by atoms with Gasteiger partial charge in [0, 0.05) is 16.5 Å². The quantitative estimate of drug-likeness (QED) is 0.879. The number of hydrogen-bond acceptors (Lipinski definition) is 3. The molecule has 1 aromatic carbocycles. The molecule has 17 heavy (non-hydrogen) atoms. The standard InChI is InChI=1S/C11H12BrF2NO2/c12-7-1-2-9-8(5-7)10(15,3-4-17-9)11(13,14)6-16/h1-2,5,16H,3-4,6,15H2/t10-/m1/s1. The average Bonchev–Trinajstić information content (AvgIpc) is 2.30. The molecule has 1 heterocycles. The van der Waals surface area contributed by atoms with Crippen molar-refractivity contribution in [2.24, 2.45) is 5.73 Å². The number of rotatable bonds is 2. The third-order valence-electron chi connectivity index (χ3n) is 3.03. The second-order valence-electron chi connectivity index (χ2n) is 4.07. The van der Waals surface area contributed by atoms with Crippen LogP contribution in [-0.4, -0.2) is 24.2 Å². The molecule has 0 radical (unpaired) electrons. The van der Waals surface area contributed by atoms with Crippen LogP contribution < -0.4 is 10.5 Å². The number of nitrogens with two attached hydrogens (primary N) is 1. The van der Waals surface area contributed by atoms with E-state index in [1.807, 2.05) is 0 Å². The summed E-state index contributed by atoms with van der Waals surface area (Å²) in [5, 5.41) is 8.82. The SMILES string of the molecule is N[C@]1(C(F)(F)CO)CCOc2ccc(Br)cc21. The van der Waals surface area contributed by atoms with Crippen LogP contribution >= 0.6 is 15.9 Å². The van der Waals surface area contributed by atoms with Gasteiger partial charge >= 0.3 is 0 Å². The first-order valence-corrected chi connectivity index (χ1v) is 5.90. The Morgan fingerprint density at radius 1 is 1.53 bits per heavy atom. The van der Waals surface area contributed by atoms with Gasteiger partial charge in [-0.15, -0.1) is 0 Å². The summed E-state index contributed by atoms with van der Waals surface area (Å²) in [4.78, 5) is 0. The first-order chi connectivity index (χ1) is 7.90. The molecule has 6 heteroatoms. The summed E-state index contributed by atoms with van der Waals surface area (Å²) < 4.78 is 33.5. The van der Waals surface area contributed by atoms with Crippen LogP contribution in [0.3, 0.4) is 0 Å². The fourth-order valence-corrected chi connectivity index (χ4v) is 2.32. The summed E-state index contributed by atoms with van der Waals surface area (Å²) >= 11 is 3.21. The van der Waals surface area contributed by atoms with Gasteiger partial charge in [-0.1, -0.05) is 15.9 Å². The van der Waals surface area contributed by atoms with Gasteiger partial charge in [0.1, 0.15) is 17.9 Å². The zero-order valence-corrected chi connectivity index (χ0v) is 10.5. The van der Waals surface area contributed by atoms with E-state index >= 15 is 0 Å². The van der Waals surface area contributed by atoms with Gasteiger partial charge in [-0.2, -0.15) is 0 Å². The monoisotopic (exact) mass is 307 g/mol. The number of halogens is 3. The Kier molecular flexibility index (Phi) is 3.14. The second kappa shape index (κ2) is 4.19. The summed E-state index contributed by atoms with van der Waals surface area (Å²) in [7, 11) is 0. The molecular formula is C11H12BrF2NO2. The van der Waals surface area contributed by atoms with Crippen LogP contribution in [0.1, 0.15) is 12.0 Å². The summed E-state index contributed by atoms with van der Waals surface area (Å²) in [6.45, 7) is -1.17. The predicted octanol–water partition coefficient (Wildman–Crippen LogP) is 2.01. The molecule has 94 valence electrons. The lowest BCUT2D eigenvalue weighted by Crippen LogP contribution is -2.57. The van der Waals surface area contributed by atoms with E-state index in [0.717, 1.165) is 0 Å². The maximum atomic E-state index is 13.8. The molecule has 0 spiro atoms. The van der Waals surface area contributed by atoms with Gasteiger partial charge in [0.2, 0.25) is 0 Å². The Bertz CT molecular complexity index is 441. The molecule has 0 fully saturated rings. The van der Waals surface area contributed by atoms with E-state index < -0.39 is 18.1 Å². The van der Waals surface area contributed by atoms with Crippen molar-refractivity contribution >= 4 is 15.9 Å². The minimum absolute atomic E-state index is 0.0377. The third-order valence-corrected chi connectivity index (χ3v) is 3.52. The third kappa shape index (κ3) is 1.94. The highest BCUT2D eigenvalue weighted by atomic mass is 79.9. The number of ether oxygens (including phenoxy) is 1. The van der Waals surface area contributed by atoms with Crippen LogP contribution in [-0.2, 0) is 5.54 Å². The Balaban J connectivity index is 2.57. The molecule has 0 saturated carbocycles. The molecule has 1 atom stereocenters. The number of hydrogen-bond donors (Lipinski definition) is 2. The van der Waals surface area contributed by atoms with Crippen LogP contribution in [0, 0.1) is 0 Å². The summed E-state index contributed by atoms with van der Waals surface area (Å²) in [5.41, 5.74) is 4.15. The highest BCUT2D eigenvalue weighted by molar-refractivity contribution is 9.10. The Morgan fingerprint density at radius 2 is 2.24 bits per heavy atom. The van der Waals surface area contributed by atoms with E-state index in [0.29, 0.717) is 10.2 Å². The topological polar surface area (TPSA) is 55.5 Å². The van der Waals surface area contributed by atoms with Crippen LogP contribution in [0.4, 0.5) is 8.78 Å². The van der Waals surface area contributed by atoms with E-state index in [1.54, 1.807) is 12.1 Å². The molecule has 0 amide bonds. The van der Waals surface area contributed by atoms with Crippen molar-refractivity contribution in [3.05, 3.63) is 28.2 Å². The smallest absolute Gasteiger partial charge is 0.292 e. The summed E-state index contributed by atoms with van der Waals surface area (Å²) in [5.74, 6) is -3.04. The molecule has 0 aromatic heterocycles. The number of aliphatic hydroxyl groups is 1. The van der Waals surface area contributed by atoms with E-state index in [2.05, 4.69) is 15.9 Å². The van der Waals surface area contributed by atoms with Gasteiger partial charge in [0.05, 0.1) is 6.61 Å². The molecular weight excluding hydrogens is 296 g/mol. The molecule has 3 N–H and O–H groups in total. The molecule has 0 bridgehead atoms. The summed E-state index contributed by atoms with van der Waals surface area (Å²) in [6.07, 6.45) is -0.0377. The molecule has 1 aliphatic heterocycles. The molecule has 2 rings (SSSR count). The maximum Gasteiger partial charge on any atom is 0.292 e.